The van der Waals surface area contributed by atoms with Gasteiger partial charge in [-0.15, -0.1) is 0 Å². The Labute approximate surface area is 129 Å². The van der Waals surface area contributed by atoms with Crippen LogP contribution in [0.3, 0.4) is 0 Å². The maximum Gasteiger partial charge on any atom is 0.287 e. The average molecular weight is 301 g/mol. The van der Waals surface area contributed by atoms with Gasteiger partial charge in [-0.25, -0.2) is 4.39 Å². The highest BCUT2D eigenvalue weighted by Crippen LogP contribution is 2.26. The van der Waals surface area contributed by atoms with E-state index in [-0.39, 0.29) is 23.5 Å². The molecule has 1 aliphatic rings. The lowest BCUT2D eigenvalue weighted by Crippen LogP contribution is -2.40. The molecule has 1 N–H and O–H groups in total. The van der Waals surface area contributed by atoms with Crippen LogP contribution in [0.2, 0.25) is 0 Å². The van der Waals surface area contributed by atoms with E-state index < -0.39 is 0 Å². The zero-order chi connectivity index (χ0) is 15.5. The third-order valence-electron chi connectivity index (χ3n) is 4.40. The summed E-state index contributed by atoms with van der Waals surface area (Å²) in [6.07, 6.45) is 4.52. The van der Waals surface area contributed by atoms with Crippen molar-refractivity contribution < 1.29 is 13.6 Å². The van der Waals surface area contributed by atoms with E-state index in [1.54, 1.807) is 30.3 Å². The summed E-state index contributed by atoms with van der Waals surface area (Å²) in [6, 6.07) is 9.82. The van der Waals surface area contributed by atoms with Crippen molar-refractivity contribution in [3.05, 3.63) is 48.0 Å². The van der Waals surface area contributed by atoms with Crippen LogP contribution in [0.4, 0.5) is 4.39 Å². The maximum absolute atomic E-state index is 13.7. The fraction of sp³-hybridized carbons (Fsp3) is 0.389. The number of benzene rings is 1. The summed E-state index contributed by atoms with van der Waals surface area (Å²) in [5.41, 5.74) is 0.368. The van der Waals surface area contributed by atoms with Gasteiger partial charge in [-0.2, -0.15) is 0 Å². The van der Waals surface area contributed by atoms with Crippen LogP contribution in [-0.4, -0.2) is 11.9 Å². The number of hydrogen-bond donors (Lipinski definition) is 1. The number of halogens is 1. The molecule has 1 aromatic heterocycles. The number of carbonyl (C=O) groups excluding carboxylic acids is 1. The van der Waals surface area contributed by atoms with Gasteiger partial charge in [0.2, 0.25) is 0 Å². The monoisotopic (exact) mass is 301 g/mol. The normalized spacial score (nSPS) is 21.5. The molecule has 0 radical (unpaired) electrons. The molecule has 1 fully saturated rings. The van der Waals surface area contributed by atoms with Crippen LogP contribution in [0.1, 0.15) is 43.2 Å². The van der Waals surface area contributed by atoms with Crippen LogP contribution >= 0.6 is 0 Å². The van der Waals surface area contributed by atoms with Crippen molar-refractivity contribution >= 4 is 5.91 Å². The van der Waals surface area contributed by atoms with Gasteiger partial charge < -0.3 is 9.73 Å². The van der Waals surface area contributed by atoms with E-state index in [0.717, 1.165) is 19.3 Å². The van der Waals surface area contributed by atoms with Gasteiger partial charge in [-0.3, -0.25) is 4.79 Å². The van der Waals surface area contributed by atoms with Crippen LogP contribution in [0, 0.1) is 11.7 Å². The Morgan fingerprint density at radius 3 is 2.73 bits per heavy atom. The Morgan fingerprint density at radius 2 is 1.95 bits per heavy atom. The molecule has 1 saturated carbocycles. The van der Waals surface area contributed by atoms with Crippen molar-refractivity contribution in [2.45, 2.75) is 38.6 Å². The van der Waals surface area contributed by atoms with Crippen LogP contribution in [0.15, 0.2) is 40.8 Å². The van der Waals surface area contributed by atoms with Crippen molar-refractivity contribution in [2.24, 2.45) is 5.92 Å². The minimum atomic E-state index is -0.357. The van der Waals surface area contributed by atoms with Crippen molar-refractivity contribution in [1.82, 2.24) is 5.32 Å². The first-order chi connectivity index (χ1) is 10.6. The van der Waals surface area contributed by atoms with Gasteiger partial charge >= 0.3 is 0 Å². The van der Waals surface area contributed by atoms with Crippen molar-refractivity contribution in [3.63, 3.8) is 0 Å². The predicted molar refractivity (Wildman–Crippen MR) is 83.0 cm³/mol. The molecule has 0 spiro atoms. The largest absolute Gasteiger partial charge is 0.451 e. The Hall–Kier alpha value is -2.10. The molecule has 0 aliphatic heterocycles. The van der Waals surface area contributed by atoms with E-state index in [1.807, 2.05) is 0 Å². The third kappa shape index (κ3) is 3.06. The number of carbonyl (C=O) groups is 1. The van der Waals surface area contributed by atoms with E-state index in [2.05, 4.69) is 12.2 Å². The van der Waals surface area contributed by atoms with Gasteiger partial charge in [0.1, 0.15) is 11.6 Å². The Bertz CT molecular complexity index is 665. The van der Waals surface area contributed by atoms with Gasteiger partial charge in [0.25, 0.3) is 5.91 Å². The van der Waals surface area contributed by atoms with Crippen molar-refractivity contribution in [1.29, 1.82) is 0 Å². The Kier molecular flexibility index (Phi) is 4.27. The first kappa shape index (κ1) is 14.8. The standard InChI is InChI=1S/C18H20FNO2/c1-12-6-2-5-9-15(12)20-18(21)17-11-10-16(22-17)13-7-3-4-8-14(13)19/h3-4,7-8,10-12,15H,2,5-6,9H2,1H3,(H,20,21). The summed E-state index contributed by atoms with van der Waals surface area (Å²) >= 11 is 0. The topological polar surface area (TPSA) is 42.2 Å². The van der Waals surface area contributed by atoms with Gasteiger partial charge in [0.15, 0.2) is 5.76 Å². The maximum atomic E-state index is 13.7. The van der Waals surface area contributed by atoms with Crippen LogP contribution in [0.5, 0.6) is 0 Å². The molecule has 2 unspecified atom stereocenters. The summed E-state index contributed by atoms with van der Waals surface area (Å²) in [5.74, 6) is 0.515. The number of rotatable bonds is 3. The molecule has 22 heavy (non-hydrogen) atoms. The smallest absolute Gasteiger partial charge is 0.287 e. The highest BCUT2D eigenvalue weighted by atomic mass is 19.1. The molecule has 0 saturated heterocycles. The molecule has 3 nitrogen and oxygen atoms in total. The van der Waals surface area contributed by atoms with E-state index in [1.165, 1.54) is 12.5 Å². The molecule has 116 valence electrons. The van der Waals surface area contributed by atoms with Gasteiger partial charge in [0, 0.05) is 6.04 Å². The number of furan rings is 1. The molecule has 1 amide bonds. The Morgan fingerprint density at radius 1 is 1.18 bits per heavy atom. The third-order valence-corrected chi connectivity index (χ3v) is 4.40. The van der Waals surface area contributed by atoms with Crippen LogP contribution in [0.25, 0.3) is 11.3 Å². The van der Waals surface area contributed by atoms with Crippen molar-refractivity contribution in [2.75, 3.05) is 0 Å². The highest BCUT2D eigenvalue weighted by Gasteiger charge is 2.24. The molecule has 1 aromatic carbocycles. The predicted octanol–water partition coefficient (Wildman–Crippen LogP) is 4.39. The molecular formula is C18H20FNO2. The summed E-state index contributed by atoms with van der Waals surface area (Å²) in [7, 11) is 0. The minimum Gasteiger partial charge on any atom is -0.451 e. The minimum absolute atomic E-state index is 0.197. The number of hydrogen-bond acceptors (Lipinski definition) is 2. The average Bonchev–Trinajstić information content (AvgIpc) is 3.00. The number of amides is 1. The quantitative estimate of drug-likeness (QED) is 0.913. The van der Waals surface area contributed by atoms with E-state index in [9.17, 15) is 9.18 Å². The lowest BCUT2D eigenvalue weighted by atomic mass is 9.86. The second kappa shape index (κ2) is 6.34. The zero-order valence-electron chi connectivity index (χ0n) is 12.6. The van der Waals surface area contributed by atoms with Crippen molar-refractivity contribution in [3.8, 4) is 11.3 Å². The molecule has 2 aromatic rings. The summed E-state index contributed by atoms with van der Waals surface area (Å²) < 4.78 is 19.3. The molecule has 1 heterocycles. The summed E-state index contributed by atoms with van der Waals surface area (Å²) in [5, 5.41) is 3.04. The molecule has 2 atom stereocenters. The summed E-state index contributed by atoms with van der Waals surface area (Å²) in [4.78, 5) is 12.3. The van der Waals surface area contributed by atoms with E-state index in [0.29, 0.717) is 17.2 Å². The molecule has 1 aliphatic carbocycles. The lowest BCUT2D eigenvalue weighted by Gasteiger charge is -2.29. The van der Waals surface area contributed by atoms with Gasteiger partial charge in [-0.1, -0.05) is 31.9 Å². The van der Waals surface area contributed by atoms with Gasteiger partial charge in [0.05, 0.1) is 5.56 Å². The lowest BCUT2D eigenvalue weighted by molar-refractivity contribution is 0.0883. The number of nitrogens with one attached hydrogen (secondary N) is 1. The second-order valence-electron chi connectivity index (χ2n) is 5.99. The second-order valence-corrected chi connectivity index (χ2v) is 5.99. The SMILES string of the molecule is CC1CCCCC1NC(=O)c1ccc(-c2ccccc2F)o1. The summed E-state index contributed by atoms with van der Waals surface area (Å²) in [6.45, 7) is 2.16. The first-order valence-electron chi connectivity index (χ1n) is 7.81. The highest BCUT2D eigenvalue weighted by molar-refractivity contribution is 5.92. The molecule has 3 rings (SSSR count). The molecule has 0 bridgehead atoms. The fourth-order valence-corrected chi connectivity index (χ4v) is 3.04. The van der Waals surface area contributed by atoms with Crippen LogP contribution < -0.4 is 5.32 Å². The molecule has 4 heteroatoms. The van der Waals surface area contributed by atoms with E-state index in [4.69, 9.17) is 4.42 Å². The fourth-order valence-electron chi connectivity index (χ4n) is 3.04. The molecular weight excluding hydrogens is 281 g/mol. The first-order valence-corrected chi connectivity index (χ1v) is 7.81. The van der Waals surface area contributed by atoms with Gasteiger partial charge in [-0.05, 0) is 43.0 Å². The van der Waals surface area contributed by atoms with Crippen LogP contribution in [-0.2, 0) is 0 Å². The zero-order valence-corrected chi connectivity index (χ0v) is 12.6. The Balaban J connectivity index is 1.73. The van der Waals surface area contributed by atoms with E-state index >= 15 is 0 Å².